The number of halogens is 2. The van der Waals surface area contributed by atoms with Gasteiger partial charge in [0.2, 0.25) is 0 Å². The number of ether oxygens (including phenoxy) is 1. The standard InChI is InChI=1S/C14H12Cl2N2O3/c15-11-2-1-3-12(16)10(11)8-21-14-6-9(7-17)4-5-13(14)18(19)20/h1-6H,7-8,17H2. The van der Waals surface area contributed by atoms with Crippen LogP contribution in [-0.2, 0) is 13.2 Å². The van der Waals surface area contributed by atoms with Crippen LogP contribution in [0.5, 0.6) is 5.75 Å². The van der Waals surface area contributed by atoms with Gasteiger partial charge in [-0.3, -0.25) is 10.1 Å². The molecule has 0 heterocycles. The molecule has 2 aromatic carbocycles. The molecule has 2 N–H and O–H groups in total. The van der Waals surface area contributed by atoms with Gasteiger partial charge in [-0.05, 0) is 23.8 Å². The summed E-state index contributed by atoms with van der Waals surface area (Å²) >= 11 is 12.1. The lowest BCUT2D eigenvalue weighted by atomic mass is 10.2. The Balaban J connectivity index is 2.28. The predicted octanol–water partition coefficient (Wildman–Crippen LogP) is 3.94. The highest BCUT2D eigenvalue weighted by Crippen LogP contribution is 2.31. The van der Waals surface area contributed by atoms with Gasteiger partial charge in [0, 0.05) is 28.2 Å². The molecular weight excluding hydrogens is 315 g/mol. The van der Waals surface area contributed by atoms with Gasteiger partial charge in [0.15, 0.2) is 5.75 Å². The molecule has 5 nitrogen and oxygen atoms in total. The predicted molar refractivity (Wildman–Crippen MR) is 81.8 cm³/mol. The van der Waals surface area contributed by atoms with Crippen LogP contribution in [0.1, 0.15) is 11.1 Å². The second-order valence-electron chi connectivity index (χ2n) is 4.25. The van der Waals surface area contributed by atoms with Crippen molar-refractivity contribution in [2.24, 2.45) is 5.73 Å². The van der Waals surface area contributed by atoms with Crippen molar-refractivity contribution in [3.8, 4) is 5.75 Å². The zero-order valence-corrected chi connectivity index (χ0v) is 12.4. The van der Waals surface area contributed by atoms with Crippen LogP contribution in [0.2, 0.25) is 10.0 Å². The van der Waals surface area contributed by atoms with Crippen molar-refractivity contribution in [2.45, 2.75) is 13.2 Å². The van der Waals surface area contributed by atoms with Crippen molar-refractivity contribution >= 4 is 28.9 Å². The van der Waals surface area contributed by atoms with Gasteiger partial charge in [-0.15, -0.1) is 0 Å². The first-order chi connectivity index (χ1) is 10.0. The summed E-state index contributed by atoms with van der Waals surface area (Å²) in [7, 11) is 0. The topological polar surface area (TPSA) is 78.4 Å². The monoisotopic (exact) mass is 326 g/mol. The van der Waals surface area contributed by atoms with E-state index >= 15 is 0 Å². The number of benzene rings is 2. The van der Waals surface area contributed by atoms with Crippen LogP contribution in [0.3, 0.4) is 0 Å². The van der Waals surface area contributed by atoms with E-state index in [0.717, 1.165) is 5.56 Å². The van der Waals surface area contributed by atoms with Gasteiger partial charge in [0.1, 0.15) is 6.61 Å². The molecule has 0 saturated heterocycles. The Morgan fingerprint density at radius 3 is 2.43 bits per heavy atom. The summed E-state index contributed by atoms with van der Waals surface area (Å²) in [4.78, 5) is 10.5. The molecule has 0 radical (unpaired) electrons. The van der Waals surface area contributed by atoms with Gasteiger partial charge in [-0.25, -0.2) is 0 Å². The van der Waals surface area contributed by atoms with E-state index in [1.54, 1.807) is 30.3 Å². The van der Waals surface area contributed by atoms with Gasteiger partial charge < -0.3 is 10.5 Å². The van der Waals surface area contributed by atoms with E-state index in [0.29, 0.717) is 15.6 Å². The maximum Gasteiger partial charge on any atom is 0.310 e. The quantitative estimate of drug-likeness (QED) is 0.666. The number of nitro groups is 1. The number of nitrogens with zero attached hydrogens (tertiary/aromatic N) is 1. The van der Waals surface area contributed by atoms with Crippen molar-refractivity contribution in [1.82, 2.24) is 0 Å². The van der Waals surface area contributed by atoms with Gasteiger partial charge >= 0.3 is 5.69 Å². The highest BCUT2D eigenvalue weighted by molar-refractivity contribution is 6.35. The number of rotatable bonds is 5. The van der Waals surface area contributed by atoms with Crippen LogP contribution in [0, 0.1) is 10.1 Å². The van der Waals surface area contributed by atoms with Gasteiger partial charge in [-0.2, -0.15) is 0 Å². The van der Waals surface area contributed by atoms with Crippen molar-refractivity contribution in [2.75, 3.05) is 0 Å². The Hall–Kier alpha value is -1.82. The summed E-state index contributed by atoms with van der Waals surface area (Å²) in [5.41, 5.74) is 6.72. The Kier molecular flexibility index (Phi) is 5.01. The second kappa shape index (κ2) is 6.76. The Morgan fingerprint density at radius 2 is 1.86 bits per heavy atom. The van der Waals surface area contributed by atoms with Crippen molar-refractivity contribution in [3.05, 3.63) is 67.7 Å². The lowest BCUT2D eigenvalue weighted by molar-refractivity contribution is -0.386. The van der Waals surface area contributed by atoms with Crippen LogP contribution in [-0.4, -0.2) is 4.92 Å². The zero-order chi connectivity index (χ0) is 15.4. The smallest absolute Gasteiger partial charge is 0.310 e. The van der Waals surface area contributed by atoms with E-state index in [1.165, 1.54) is 6.07 Å². The molecule has 0 fully saturated rings. The van der Waals surface area contributed by atoms with Gasteiger partial charge in [0.05, 0.1) is 4.92 Å². The van der Waals surface area contributed by atoms with Gasteiger partial charge in [0.25, 0.3) is 0 Å². The third-order valence-electron chi connectivity index (χ3n) is 2.89. The molecule has 110 valence electrons. The lowest BCUT2D eigenvalue weighted by Crippen LogP contribution is -2.03. The summed E-state index contributed by atoms with van der Waals surface area (Å²) in [5, 5.41) is 11.9. The molecule has 2 aromatic rings. The van der Waals surface area contributed by atoms with E-state index in [1.807, 2.05) is 0 Å². The minimum atomic E-state index is -0.510. The van der Waals surface area contributed by atoms with Gasteiger partial charge in [-0.1, -0.05) is 35.3 Å². The molecule has 21 heavy (non-hydrogen) atoms. The normalized spacial score (nSPS) is 10.4. The van der Waals surface area contributed by atoms with E-state index in [4.69, 9.17) is 33.7 Å². The summed E-state index contributed by atoms with van der Waals surface area (Å²) in [6.45, 7) is 0.300. The zero-order valence-electron chi connectivity index (χ0n) is 10.9. The molecule has 0 amide bonds. The first kappa shape index (κ1) is 15.6. The van der Waals surface area contributed by atoms with E-state index in [2.05, 4.69) is 0 Å². The summed E-state index contributed by atoms with van der Waals surface area (Å²) in [5.74, 6) is 0.138. The fourth-order valence-electron chi connectivity index (χ4n) is 1.77. The Labute approximate surface area is 131 Å². The van der Waals surface area contributed by atoms with E-state index < -0.39 is 4.92 Å². The Morgan fingerprint density at radius 1 is 1.19 bits per heavy atom. The number of nitro benzene ring substituents is 1. The van der Waals surface area contributed by atoms with Crippen LogP contribution in [0.25, 0.3) is 0 Å². The summed E-state index contributed by atoms with van der Waals surface area (Å²) in [6.07, 6.45) is 0. The first-order valence-corrected chi connectivity index (χ1v) is 6.81. The minimum Gasteiger partial charge on any atom is -0.482 e. The van der Waals surface area contributed by atoms with Crippen LogP contribution in [0.4, 0.5) is 5.69 Å². The third kappa shape index (κ3) is 3.64. The molecule has 2 rings (SSSR count). The van der Waals surface area contributed by atoms with E-state index in [9.17, 15) is 10.1 Å². The second-order valence-corrected chi connectivity index (χ2v) is 5.07. The number of hydrogen-bond acceptors (Lipinski definition) is 4. The Bertz CT molecular complexity index is 657. The number of hydrogen-bond donors (Lipinski definition) is 1. The molecule has 0 atom stereocenters. The van der Waals surface area contributed by atoms with Crippen molar-refractivity contribution in [1.29, 1.82) is 0 Å². The van der Waals surface area contributed by atoms with Crippen LogP contribution in [0.15, 0.2) is 36.4 Å². The third-order valence-corrected chi connectivity index (χ3v) is 3.60. The average molecular weight is 327 g/mol. The minimum absolute atomic E-state index is 0.0351. The van der Waals surface area contributed by atoms with Crippen molar-refractivity contribution < 1.29 is 9.66 Å². The molecule has 0 spiro atoms. The molecule has 0 aromatic heterocycles. The highest BCUT2D eigenvalue weighted by atomic mass is 35.5. The largest absolute Gasteiger partial charge is 0.482 e. The first-order valence-electron chi connectivity index (χ1n) is 6.06. The van der Waals surface area contributed by atoms with Crippen molar-refractivity contribution in [3.63, 3.8) is 0 Å². The molecule has 0 saturated carbocycles. The maximum atomic E-state index is 11.0. The fourth-order valence-corrected chi connectivity index (χ4v) is 2.28. The molecule has 0 aliphatic carbocycles. The molecule has 0 aliphatic heterocycles. The molecule has 0 unspecified atom stereocenters. The lowest BCUT2D eigenvalue weighted by Gasteiger charge is -2.10. The molecule has 0 bridgehead atoms. The molecule has 0 aliphatic rings. The maximum absolute atomic E-state index is 11.0. The summed E-state index contributed by atoms with van der Waals surface area (Å²) in [6, 6.07) is 9.57. The van der Waals surface area contributed by atoms with Crippen LogP contribution < -0.4 is 10.5 Å². The highest BCUT2D eigenvalue weighted by Gasteiger charge is 2.16. The molecule has 7 heteroatoms. The van der Waals surface area contributed by atoms with Crippen LogP contribution >= 0.6 is 23.2 Å². The molecular formula is C14H12Cl2N2O3. The average Bonchev–Trinajstić information content (AvgIpc) is 2.46. The van der Waals surface area contributed by atoms with E-state index in [-0.39, 0.29) is 24.6 Å². The number of nitrogens with two attached hydrogens (primary N) is 1. The SMILES string of the molecule is NCc1ccc([N+](=O)[O-])c(OCc2c(Cl)cccc2Cl)c1. The fraction of sp³-hybridized carbons (Fsp3) is 0.143. The summed E-state index contributed by atoms with van der Waals surface area (Å²) < 4.78 is 5.52.